The topological polar surface area (TPSA) is 83.9 Å². The number of fused-ring (bicyclic) bond motifs is 1. The maximum atomic E-state index is 12.6. The third kappa shape index (κ3) is 3.52. The van der Waals surface area contributed by atoms with E-state index in [1.54, 1.807) is 19.1 Å². The monoisotopic (exact) mass is 411 g/mol. The summed E-state index contributed by atoms with van der Waals surface area (Å²) in [5.74, 6) is -0.932. The van der Waals surface area contributed by atoms with Crippen LogP contribution in [0.25, 0.3) is 0 Å². The van der Waals surface area contributed by atoms with E-state index in [4.69, 9.17) is 46.5 Å². The highest BCUT2D eigenvalue weighted by Gasteiger charge is 2.35. The third-order valence-corrected chi connectivity index (χ3v) is 5.44. The van der Waals surface area contributed by atoms with Crippen LogP contribution in [0.15, 0.2) is 39.9 Å². The zero-order valence-corrected chi connectivity index (χ0v) is 16.3. The van der Waals surface area contributed by atoms with Crippen molar-refractivity contribution in [2.24, 2.45) is 5.73 Å². The molecule has 0 spiro atoms. The summed E-state index contributed by atoms with van der Waals surface area (Å²) in [5.41, 5.74) is 8.15. The number of esters is 1. The van der Waals surface area contributed by atoms with Gasteiger partial charge in [0, 0.05) is 16.5 Å². The van der Waals surface area contributed by atoms with Gasteiger partial charge >= 0.3 is 5.97 Å². The van der Waals surface area contributed by atoms with Crippen LogP contribution in [0.4, 0.5) is 0 Å². The lowest BCUT2D eigenvalue weighted by atomic mass is 9.86. The number of carbonyl (C=O) groups is 1. The Labute approximate surface area is 163 Å². The highest BCUT2D eigenvalue weighted by atomic mass is 35.5. The van der Waals surface area contributed by atoms with Crippen LogP contribution in [0.3, 0.4) is 0 Å². The molecule has 1 aliphatic rings. The maximum Gasteiger partial charge on any atom is 0.337 e. The Bertz CT molecular complexity index is 979. The van der Waals surface area contributed by atoms with Gasteiger partial charge in [0.15, 0.2) is 4.77 Å². The summed E-state index contributed by atoms with van der Waals surface area (Å²) in [6, 6.07) is 7.20. The minimum absolute atomic E-state index is 0.255. The molecule has 1 atom stereocenters. The number of carbonyl (C=O) groups excluding carboxylic acids is 1. The lowest BCUT2D eigenvalue weighted by Gasteiger charge is -2.27. The Morgan fingerprint density at radius 1 is 1.32 bits per heavy atom. The Kier molecular flexibility index (Phi) is 5.33. The Balaban J connectivity index is 2.27. The zero-order chi connectivity index (χ0) is 18.1. The number of aromatic nitrogens is 2. The summed E-state index contributed by atoms with van der Waals surface area (Å²) in [4.78, 5) is 18.6. The van der Waals surface area contributed by atoms with Crippen molar-refractivity contribution in [3.8, 4) is 0 Å². The summed E-state index contributed by atoms with van der Waals surface area (Å²) in [6.45, 7) is 2.00. The van der Waals surface area contributed by atoms with Gasteiger partial charge in [-0.25, -0.2) is 4.79 Å². The highest BCUT2D eigenvalue weighted by molar-refractivity contribution is 8.03. The molecular weight excluding hydrogens is 398 g/mol. The van der Waals surface area contributed by atoms with Crippen molar-refractivity contribution in [1.82, 2.24) is 9.97 Å². The van der Waals surface area contributed by atoms with Gasteiger partial charge in [0.2, 0.25) is 0 Å². The first-order chi connectivity index (χ1) is 11.9. The van der Waals surface area contributed by atoms with Crippen molar-refractivity contribution >= 4 is 53.8 Å². The molecule has 1 aromatic heterocycles. The molecule has 0 saturated heterocycles. The predicted octanol–water partition coefficient (Wildman–Crippen LogP) is 4.43. The molecule has 2 aromatic rings. The fraction of sp³-hybridized carbons (Fsp3) is 0.188. The second-order valence-electron chi connectivity index (χ2n) is 5.24. The van der Waals surface area contributed by atoms with Crippen molar-refractivity contribution < 1.29 is 9.53 Å². The van der Waals surface area contributed by atoms with E-state index >= 15 is 0 Å². The minimum Gasteiger partial charge on any atom is -0.463 e. The number of rotatable bonds is 3. The largest absolute Gasteiger partial charge is 0.463 e. The van der Waals surface area contributed by atoms with Gasteiger partial charge in [-0.2, -0.15) is 0 Å². The molecule has 130 valence electrons. The van der Waals surface area contributed by atoms with Gasteiger partial charge in [-0.15, -0.1) is 0 Å². The van der Waals surface area contributed by atoms with E-state index in [1.807, 2.05) is 12.1 Å². The van der Waals surface area contributed by atoms with Crippen LogP contribution < -0.4 is 5.73 Å². The predicted molar refractivity (Wildman–Crippen MR) is 104 cm³/mol. The number of H-pyrrole nitrogens is 2. The van der Waals surface area contributed by atoms with E-state index in [0.29, 0.717) is 25.0 Å². The van der Waals surface area contributed by atoms with Gasteiger partial charge in [0.1, 0.15) is 4.64 Å². The minimum atomic E-state index is -0.469. The van der Waals surface area contributed by atoms with Crippen molar-refractivity contribution in [2.75, 3.05) is 6.61 Å². The third-order valence-electron chi connectivity index (χ3n) is 3.70. The molecule has 9 heteroatoms. The molecule has 25 heavy (non-hydrogen) atoms. The molecule has 0 amide bonds. The van der Waals surface area contributed by atoms with E-state index in [1.165, 1.54) is 11.8 Å². The number of aromatic amines is 2. The average Bonchev–Trinajstić information content (AvgIpc) is 2.54. The van der Waals surface area contributed by atoms with Crippen molar-refractivity contribution in [1.29, 1.82) is 0 Å². The van der Waals surface area contributed by atoms with Gasteiger partial charge in [0.05, 0.1) is 22.2 Å². The van der Waals surface area contributed by atoms with E-state index in [2.05, 4.69) is 9.97 Å². The number of hydrogen-bond donors (Lipinski definition) is 3. The average molecular weight is 412 g/mol. The number of hydrogen-bond acceptors (Lipinski definition) is 6. The molecule has 0 saturated carbocycles. The van der Waals surface area contributed by atoms with E-state index < -0.39 is 11.9 Å². The summed E-state index contributed by atoms with van der Waals surface area (Å²) in [5, 5.41) is 1.68. The molecule has 0 radical (unpaired) electrons. The van der Waals surface area contributed by atoms with Crippen LogP contribution in [0.5, 0.6) is 0 Å². The lowest BCUT2D eigenvalue weighted by Crippen LogP contribution is -2.24. The number of ether oxygens (including phenoxy) is 1. The first-order valence-corrected chi connectivity index (χ1v) is 9.40. The van der Waals surface area contributed by atoms with Crippen LogP contribution in [-0.4, -0.2) is 22.5 Å². The molecule has 5 nitrogen and oxygen atoms in total. The first-order valence-electron chi connectivity index (χ1n) is 7.39. The van der Waals surface area contributed by atoms with Crippen LogP contribution >= 0.6 is 47.8 Å². The fourth-order valence-corrected chi connectivity index (χ4v) is 4.55. The lowest BCUT2D eigenvalue weighted by molar-refractivity contribution is -0.138. The molecule has 3 rings (SSSR count). The smallest absolute Gasteiger partial charge is 0.337 e. The second kappa shape index (κ2) is 7.33. The SMILES string of the molecule is CCOC(=O)C1=C(N)Sc2[nH]c(=S)[nH]c(=S)c2C1c1ccc(Cl)cc1. The second-order valence-corrected chi connectivity index (χ2v) is 7.54. The molecule has 1 aromatic carbocycles. The first kappa shape index (κ1) is 18.2. The number of benzene rings is 1. The fourth-order valence-electron chi connectivity index (χ4n) is 2.69. The summed E-state index contributed by atoms with van der Waals surface area (Å²) in [7, 11) is 0. The highest BCUT2D eigenvalue weighted by Crippen LogP contribution is 2.45. The van der Waals surface area contributed by atoms with Gasteiger partial charge < -0.3 is 20.4 Å². The van der Waals surface area contributed by atoms with Crippen LogP contribution in [0, 0.1) is 9.41 Å². The van der Waals surface area contributed by atoms with Crippen LogP contribution in [-0.2, 0) is 9.53 Å². The quantitative estimate of drug-likeness (QED) is 0.393. The molecule has 1 unspecified atom stereocenters. The van der Waals surface area contributed by atoms with Crippen molar-refractivity contribution in [3.63, 3.8) is 0 Å². The molecule has 0 bridgehead atoms. The van der Waals surface area contributed by atoms with E-state index in [-0.39, 0.29) is 6.61 Å². The molecule has 4 N–H and O–H groups in total. The number of thioether (sulfide) groups is 1. The molecular formula is C16H14ClN3O2S3. The number of nitrogens with two attached hydrogens (primary N) is 1. The molecule has 2 heterocycles. The zero-order valence-electron chi connectivity index (χ0n) is 13.1. The Hall–Kier alpha value is -1.61. The molecule has 1 aliphatic heterocycles. The van der Waals surface area contributed by atoms with Crippen molar-refractivity contribution in [3.05, 3.63) is 60.4 Å². The van der Waals surface area contributed by atoms with E-state index in [9.17, 15) is 4.79 Å². The standard InChI is InChI=1S/C16H14ClN3O2S3/c1-2-22-15(21)10-9(7-3-5-8(17)6-4-7)11-13(23)19-16(24)20-14(11)25-12(10)18/h3-6,9H,2,18H2,1H3,(H2,19,20,23,24). The van der Waals surface area contributed by atoms with Gasteiger partial charge in [-0.3, -0.25) is 0 Å². The van der Waals surface area contributed by atoms with Gasteiger partial charge in [0.25, 0.3) is 0 Å². The van der Waals surface area contributed by atoms with Crippen molar-refractivity contribution in [2.45, 2.75) is 17.9 Å². The van der Waals surface area contributed by atoms with Gasteiger partial charge in [-0.05, 0) is 36.8 Å². The van der Waals surface area contributed by atoms with Gasteiger partial charge in [-0.1, -0.05) is 47.7 Å². The summed E-state index contributed by atoms with van der Waals surface area (Å²) in [6.07, 6.45) is 0. The van der Waals surface area contributed by atoms with E-state index in [0.717, 1.165) is 16.2 Å². The number of nitrogens with one attached hydrogen (secondary N) is 2. The summed E-state index contributed by atoms with van der Waals surface area (Å²) >= 11 is 17.9. The Morgan fingerprint density at radius 2 is 2.00 bits per heavy atom. The molecule has 0 fully saturated rings. The molecule has 0 aliphatic carbocycles. The van der Waals surface area contributed by atoms with Crippen LogP contribution in [0.2, 0.25) is 5.02 Å². The normalized spacial score (nSPS) is 16.5. The Morgan fingerprint density at radius 3 is 2.64 bits per heavy atom. The van der Waals surface area contributed by atoms with Crippen LogP contribution in [0.1, 0.15) is 24.0 Å². The summed E-state index contributed by atoms with van der Waals surface area (Å²) < 4.78 is 6.07. The number of halogens is 1. The maximum absolute atomic E-state index is 12.6.